The molecule has 0 amide bonds. The van der Waals surface area contributed by atoms with Crippen LogP contribution in [0.2, 0.25) is 0 Å². The van der Waals surface area contributed by atoms with E-state index < -0.39 is 0 Å². The number of hydrogen-bond donors (Lipinski definition) is 1. The number of fused-ring (bicyclic) bond motifs is 1. The van der Waals surface area contributed by atoms with Gasteiger partial charge in [0.2, 0.25) is 0 Å². The number of hydrogen-bond acceptors (Lipinski definition) is 2. The van der Waals surface area contributed by atoms with Gasteiger partial charge in [-0.15, -0.1) is 0 Å². The highest BCUT2D eigenvalue weighted by molar-refractivity contribution is 5.81. The maximum Gasteiger partial charge on any atom is 0.0346 e. The van der Waals surface area contributed by atoms with Crippen LogP contribution in [-0.2, 0) is 13.0 Å². The van der Waals surface area contributed by atoms with Crippen molar-refractivity contribution in [3.63, 3.8) is 0 Å². The first kappa shape index (κ1) is 17.6. The molecule has 0 saturated heterocycles. The molecule has 2 nitrogen and oxygen atoms in total. The van der Waals surface area contributed by atoms with Gasteiger partial charge in [-0.1, -0.05) is 48.4 Å². The topological polar surface area (TPSA) is 24.9 Å². The van der Waals surface area contributed by atoms with Gasteiger partial charge >= 0.3 is 0 Å². The Hall–Kier alpha value is -2.19. The van der Waals surface area contributed by atoms with E-state index in [1.54, 1.807) is 0 Å². The van der Waals surface area contributed by atoms with Gasteiger partial charge < -0.3 is 5.32 Å². The van der Waals surface area contributed by atoms with Crippen molar-refractivity contribution in [1.29, 1.82) is 0 Å². The van der Waals surface area contributed by atoms with E-state index in [2.05, 4.69) is 72.7 Å². The van der Waals surface area contributed by atoms with Gasteiger partial charge in [0.1, 0.15) is 0 Å². The molecule has 3 aromatic rings. The number of aromatic nitrogens is 1. The molecular weight excluding hydrogens is 304 g/mol. The van der Waals surface area contributed by atoms with Crippen LogP contribution < -0.4 is 5.32 Å². The first-order valence-electron chi connectivity index (χ1n) is 9.32. The Labute approximate surface area is 151 Å². The van der Waals surface area contributed by atoms with Gasteiger partial charge in [0.15, 0.2) is 0 Å². The minimum atomic E-state index is 0.547. The summed E-state index contributed by atoms with van der Waals surface area (Å²) in [5.74, 6) is 0. The van der Waals surface area contributed by atoms with E-state index in [-0.39, 0.29) is 0 Å². The lowest BCUT2D eigenvalue weighted by molar-refractivity contribution is 0.489. The Kier molecular flexibility index (Phi) is 6.19. The van der Waals surface area contributed by atoms with Gasteiger partial charge in [0.05, 0.1) is 0 Å². The molecule has 0 radical (unpaired) electrons. The van der Waals surface area contributed by atoms with Crippen molar-refractivity contribution in [2.24, 2.45) is 0 Å². The van der Waals surface area contributed by atoms with E-state index in [1.165, 1.54) is 53.1 Å². The summed E-state index contributed by atoms with van der Waals surface area (Å²) in [6, 6.07) is 18.1. The summed E-state index contributed by atoms with van der Waals surface area (Å²) in [5.41, 5.74) is 4.16. The van der Waals surface area contributed by atoms with E-state index in [1.807, 2.05) is 12.4 Å². The first-order valence-corrected chi connectivity index (χ1v) is 9.32. The van der Waals surface area contributed by atoms with Crippen molar-refractivity contribution in [1.82, 2.24) is 10.3 Å². The fraction of sp³-hybridized carbons (Fsp3) is 0.348. The Bertz CT molecular complexity index is 810. The number of pyridine rings is 1. The van der Waals surface area contributed by atoms with Gasteiger partial charge in [-0.2, -0.15) is 0 Å². The van der Waals surface area contributed by atoms with Crippen LogP contribution in [0.25, 0.3) is 10.8 Å². The minimum absolute atomic E-state index is 0.547. The second kappa shape index (κ2) is 8.77. The van der Waals surface area contributed by atoms with Crippen LogP contribution in [0.3, 0.4) is 0 Å². The average Bonchev–Trinajstić information content (AvgIpc) is 2.63. The quantitative estimate of drug-likeness (QED) is 0.556. The van der Waals surface area contributed by atoms with Crippen LogP contribution in [0.15, 0.2) is 60.9 Å². The molecule has 0 spiro atoms. The average molecular weight is 332 g/mol. The van der Waals surface area contributed by atoms with Crippen molar-refractivity contribution in [2.45, 2.75) is 52.1 Å². The summed E-state index contributed by atoms with van der Waals surface area (Å²) < 4.78 is 0. The molecule has 0 aliphatic heterocycles. The summed E-state index contributed by atoms with van der Waals surface area (Å²) in [4.78, 5) is 4.17. The maximum absolute atomic E-state index is 4.17. The molecule has 1 aromatic heterocycles. The van der Waals surface area contributed by atoms with Gasteiger partial charge in [0, 0.05) is 30.4 Å². The summed E-state index contributed by atoms with van der Waals surface area (Å²) >= 11 is 0. The fourth-order valence-electron chi connectivity index (χ4n) is 3.28. The number of nitrogens with zero attached hydrogens (tertiary/aromatic N) is 1. The molecule has 0 unspecified atom stereocenters. The summed E-state index contributed by atoms with van der Waals surface area (Å²) in [7, 11) is 0. The second-order valence-electron chi connectivity index (χ2n) is 7.07. The number of nitrogens with one attached hydrogen (secondary N) is 1. The van der Waals surface area contributed by atoms with Gasteiger partial charge in [-0.3, -0.25) is 4.98 Å². The molecule has 0 saturated carbocycles. The molecule has 0 aliphatic carbocycles. The van der Waals surface area contributed by atoms with Crippen LogP contribution in [0, 0.1) is 6.92 Å². The van der Waals surface area contributed by atoms with E-state index in [4.69, 9.17) is 0 Å². The highest BCUT2D eigenvalue weighted by Gasteiger charge is 2.03. The molecule has 0 bridgehead atoms. The zero-order chi connectivity index (χ0) is 17.5. The normalized spacial score (nSPS) is 12.4. The second-order valence-corrected chi connectivity index (χ2v) is 7.07. The van der Waals surface area contributed by atoms with Gasteiger partial charge in [-0.05, 0) is 61.8 Å². The van der Waals surface area contributed by atoms with E-state index in [0.29, 0.717) is 6.04 Å². The Morgan fingerprint density at radius 2 is 1.88 bits per heavy atom. The van der Waals surface area contributed by atoms with E-state index in [9.17, 15) is 0 Å². The third kappa shape index (κ3) is 5.40. The number of unbranched alkanes of at least 4 members (excludes halogenated alkanes) is 1. The van der Waals surface area contributed by atoms with Gasteiger partial charge in [-0.25, -0.2) is 0 Å². The Morgan fingerprint density at radius 3 is 2.76 bits per heavy atom. The molecule has 1 heterocycles. The standard InChI is InChI=1S/C23H28N2/c1-18-6-5-9-20(14-18)8-4-3-7-19(2)25-16-21-10-11-23-17-24-13-12-22(23)15-21/h5-6,9-15,17,19,25H,3-4,7-8,16H2,1-2H3/t19-/m1/s1. The summed E-state index contributed by atoms with van der Waals surface area (Å²) in [6.45, 7) is 5.38. The molecule has 130 valence electrons. The fourth-order valence-corrected chi connectivity index (χ4v) is 3.28. The lowest BCUT2D eigenvalue weighted by Gasteiger charge is -2.14. The molecule has 3 rings (SSSR count). The number of rotatable bonds is 8. The summed E-state index contributed by atoms with van der Waals surface area (Å²) in [5, 5.41) is 6.12. The molecule has 2 heteroatoms. The van der Waals surface area contributed by atoms with Crippen LogP contribution in [0.1, 0.15) is 42.9 Å². The number of aryl methyl sites for hydroxylation is 2. The predicted molar refractivity (Wildman–Crippen MR) is 107 cm³/mol. The zero-order valence-corrected chi connectivity index (χ0v) is 15.3. The van der Waals surface area contributed by atoms with Crippen molar-refractivity contribution in [3.8, 4) is 0 Å². The molecule has 2 aromatic carbocycles. The SMILES string of the molecule is Cc1cccc(CCCC[C@@H](C)NCc2ccc3cnccc3c2)c1. The van der Waals surface area contributed by atoms with Crippen LogP contribution in [-0.4, -0.2) is 11.0 Å². The lowest BCUT2D eigenvalue weighted by Crippen LogP contribution is -2.25. The Balaban J connectivity index is 1.39. The predicted octanol–water partition coefficient (Wildman–Crippen LogP) is 5.43. The molecular formula is C23H28N2. The minimum Gasteiger partial charge on any atom is -0.310 e. The highest BCUT2D eigenvalue weighted by Crippen LogP contribution is 2.15. The molecule has 0 fully saturated rings. The molecule has 1 atom stereocenters. The van der Waals surface area contributed by atoms with E-state index >= 15 is 0 Å². The van der Waals surface area contributed by atoms with Crippen molar-refractivity contribution < 1.29 is 0 Å². The smallest absolute Gasteiger partial charge is 0.0346 e. The third-order valence-corrected chi connectivity index (χ3v) is 4.79. The van der Waals surface area contributed by atoms with Crippen LogP contribution >= 0.6 is 0 Å². The molecule has 0 aliphatic rings. The van der Waals surface area contributed by atoms with E-state index in [0.717, 1.165) is 6.54 Å². The third-order valence-electron chi connectivity index (χ3n) is 4.79. The van der Waals surface area contributed by atoms with Crippen LogP contribution in [0.5, 0.6) is 0 Å². The zero-order valence-electron chi connectivity index (χ0n) is 15.3. The van der Waals surface area contributed by atoms with Gasteiger partial charge in [0.25, 0.3) is 0 Å². The first-order chi connectivity index (χ1) is 12.2. The molecule has 1 N–H and O–H groups in total. The largest absolute Gasteiger partial charge is 0.310 e. The molecule has 25 heavy (non-hydrogen) atoms. The van der Waals surface area contributed by atoms with Crippen molar-refractivity contribution in [2.75, 3.05) is 0 Å². The van der Waals surface area contributed by atoms with Crippen molar-refractivity contribution in [3.05, 3.63) is 77.6 Å². The van der Waals surface area contributed by atoms with Crippen molar-refractivity contribution >= 4 is 10.8 Å². The van der Waals surface area contributed by atoms with Crippen LogP contribution in [0.4, 0.5) is 0 Å². The number of benzene rings is 2. The Morgan fingerprint density at radius 1 is 0.960 bits per heavy atom. The highest BCUT2D eigenvalue weighted by atomic mass is 14.9. The lowest BCUT2D eigenvalue weighted by atomic mass is 10.0. The maximum atomic E-state index is 4.17. The monoisotopic (exact) mass is 332 g/mol. The summed E-state index contributed by atoms with van der Waals surface area (Å²) in [6.07, 6.45) is 8.72.